The first-order valence-corrected chi connectivity index (χ1v) is 7.72. The highest BCUT2D eigenvalue weighted by atomic mass is 32.2. The van der Waals surface area contributed by atoms with E-state index in [1.807, 2.05) is 20.8 Å². The van der Waals surface area contributed by atoms with Crippen LogP contribution in [-0.4, -0.2) is 44.2 Å². The van der Waals surface area contributed by atoms with Gasteiger partial charge in [0.1, 0.15) is 5.60 Å². The zero-order valence-corrected chi connectivity index (χ0v) is 11.7. The van der Waals surface area contributed by atoms with Crippen molar-refractivity contribution >= 4 is 10.1 Å². The Balaban J connectivity index is 2.65. The Morgan fingerprint density at radius 2 is 2.12 bits per heavy atom. The highest BCUT2D eigenvalue weighted by molar-refractivity contribution is 7.86. The molecule has 0 saturated carbocycles. The molecule has 1 saturated heterocycles. The maximum Gasteiger partial charge on any atom is 0.264 e. The molecule has 1 fully saturated rings. The van der Waals surface area contributed by atoms with E-state index in [-0.39, 0.29) is 24.7 Å². The Hall–Kier alpha value is -0.170. The zero-order chi connectivity index (χ0) is 13.3. The third kappa shape index (κ3) is 3.91. The van der Waals surface area contributed by atoms with Crippen molar-refractivity contribution in [1.82, 2.24) is 0 Å². The summed E-state index contributed by atoms with van der Waals surface area (Å²) in [5.41, 5.74) is -0.535. The van der Waals surface area contributed by atoms with Gasteiger partial charge >= 0.3 is 0 Å². The van der Waals surface area contributed by atoms with Crippen molar-refractivity contribution < 1.29 is 22.4 Å². The van der Waals surface area contributed by atoms with Crippen LogP contribution in [0.2, 0.25) is 0 Å². The van der Waals surface area contributed by atoms with Gasteiger partial charge < -0.3 is 9.84 Å². The molecule has 1 aliphatic heterocycles. The molecule has 0 aromatic heterocycles. The number of hydrogen-bond donors (Lipinski definition) is 1. The predicted molar refractivity (Wildman–Crippen MR) is 64.2 cm³/mol. The number of hydrogen-bond acceptors (Lipinski definition) is 5. The van der Waals surface area contributed by atoms with Crippen molar-refractivity contribution in [3.05, 3.63) is 0 Å². The largest absolute Gasteiger partial charge is 0.393 e. The molecule has 1 aliphatic rings. The fourth-order valence-corrected chi connectivity index (χ4v) is 2.87. The Labute approximate surface area is 103 Å². The first kappa shape index (κ1) is 14.9. The molecule has 4 atom stereocenters. The van der Waals surface area contributed by atoms with Crippen LogP contribution in [0.5, 0.6) is 0 Å². The quantitative estimate of drug-likeness (QED) is 0.547. The van der Waals surface area contributed by atoms with E-state index < -0.39 is 15.7 Å². The van der Waals surface area contributed by atoms with E-state index in [0.717, 1.165) is 12.7 Å². The van der Waals surface area contributed by atoms with Crippen molar-refractivity contribution in [3.8, 4) is 0 Å². The monoisotopic (exact) mass is 266 g/mol. The molecule has 17 heavy (non-hydrogen) atoms. The van der Waals surface area contributed by atoms with Crippen LogP contribution >= 0.6 is 0 Å². The molecule has 0 aliphatic carbocycles. The van der Waals surface area contributed by atoms with Gasteiger partial charge in [-0.3, -0.25) is 4.18 Å². The normalized spacial score (nSPS) is 32.2. The van der Waals surface area contributed by atoms with Gasteiger partial charge in [-0.25, -0.2) is 0 Å². The fraction of sp³-hybridized carbons (Fsp3) is 1.00. The van der Waals surface area contributed by atoms with E-state index in [2.05, 4.69) is 0 Å². The summed E-state index contributed by atoms with van der Waals surface area (Å²) in [7, 11) is -3.46. The fourth-order valence-electron chi connectivity index (χ4n) is 2.15. The SMILES string of the molecule is CCC[C@@H](OS(C)(=O)=O)[C@H](C)[C@H]1O[C@@]1(C)CO. The van der Waals surface area contributed by atoms with E-state index >= 15 is 0 Å². The van der Waals surface area contributed by atoms with Gasteiger partial charge in [-0.15, -0.1) is 0 Å². The van der Waals surface area contributed by atoms with Crippen LogP contribution in [0.1, 0.15) is 33.6 Å². The molecular formula is C11H22O5S. The number of aliphatic hydroxyl groups excluding tert-OH is 1. The lowest BCUT2D eigenvalue weighted by Gasteiger charge is -2.22. The van der Waals surface area contributed by atoms with Crippen LogP contribution in [0, 0.1) is 5.92 Å². The Kier molecular flexibility index (Phi) is 4.57. The van der Waals surface area contributed by atoms with E-state index in [4.69, 9.17) is 14.0 Å². The Morgan fingerprint density at radius 1 is 1.53 bits per heavy atom. The lowest BCUT2D eigenvalue weighted by molar-refractivity contribution is 0.120. The van der Waals surface area contributed by atoms with Crippen molar-refractivity contribution in [3.63, 3.8) is 0 Å². The third-order valence-electron chi connectivity index (χ3n) is 3.19. The van der Waals surface area contributed by atoms with Gasteiger partial charge in [0, 0.05) is 5.92 Å². The van der Waals surface area contributed by atoms with Gasteiger partial charge in [-0.05, 0) is 13.3 Å². The van der Waals surface area contributed by atoms with Crippen LogP contribution in [0.15, 0.2) is 0 Å². The summed E-state index contributed by atoms with van der Waals surface area (Å²) in [6, 6.07) is 0. The average Bonchev–Trinajstić information content (AvgIpc) is 2.88. The number of rotatable bonds is 7. The second-order valence-corrected chi connectivity index (χ2v) is 6.60. The van der Waals surface area contributed by atoms with E-state index in [0.29, 0.717) is 6.42 Å². The molecule has 0 aromatic rings. The molecule has 1 N–H and O–H groups in total. The topological polar surface area (TPSA) is 76.1 Å². The number of ether oxygens (including phenoxy) is 1. The third-order valence-corrected chi connectivity index (χ3v) is 3.79. The van der Waals surface area contributed by atoms with Gasteiger partial charge in [0.05, 0.1) is 25.1 Å². The van der Waals surface area contributed by atoms with Crippen LogP contribution in [-0.2, 0) is 19.0 Å². The molecule has 0 radical (unpaired) electrons. The smallest absolute Gasteiger partial charge is 0.264 e. The first-order valence-electron chi connectivity index (χ1n) is 5.90. The average molecular weight is 266 g/mol. The number of aliphatic hydroxyl groups is 1. The minimum atomic E-state index is -3.46. The second kappa shape index (κ2) is 5.22. The Bertz CT molecular complexity index is 353. The van der Waals surface area contributed by atoms with Gasteiger partial charge in [0.25, 0.3) is 10.1 Å². The summed E-state index contributed by atoms with van der Waals surface area (Å²) in [5, 5.41) is 9.14. The van der Waals surface area contributed by atoms with Crippen LogP contribution < -0.4 is 0 Å². The van der Waals surface area contributed by atoms with Crippen molar-refractivity contribution in [1.29, 1.82) is 0 Å². The lowest BCUT2D eigenvalue weighted by Crippen LogP contribution is -2.31. The molecule has 1 heterocycles. The highest BCUT2D eigenvalue weighted by Crippen LogP contribution is 2.43. The van der Waals surface area contributed by atoms with Crippen LogP contribution in [0.3, 0.4) is 0 Å². The van der Waals surface area contributed by atoms with Crippen LogP contribution in [0.25, 0.3) is 0 Å². The summed E-state index contributed by atoms with van der Waals surface area (Å²) >= 11 is 0. The van der Waals surface area contributed by atoms with Gasteiger partial charge in [0.2, 0.25) is 0 Å². The maximum atomic E-state index is 11.2. The summed E-state index contributed by atoms with van der Waals surface area (Å²) in [6.45, 7) is 5.64. The molecule has 1 rings (SSSR count). The molecule has 0 amide bonds. The molecule has 5 nitrogen and oxygen atoms in total. The van der Waals surface area contributed by atoms with E-state index in [9.17, 15) is 8.42 Å². The summed E-state index contributed by atoms with van der Waals surface area (Å²) in [6.07, 6.45) is 2.04. The Morgan fingerprint density at radius 3 is 2.47 bits per heavy atom. The first-order chi connectivity index (χ1) is 7.73. The number of epoxide rings is 1. The van der Waals surface area contributed by atoms with Crippen molar-refractivity contribution in [2.45, 2.75) is 51.4 Å². The molecule has 0 spiro atoms. The summed E-state index contributed by atoms with van der Waals surface area (Å²) in [5.74, 6) is -0.0539. The van der Waals surface area contributed by atoms with Gasteiger partial charge in [-0.1, -0.05) is 20.3 Å². The van der Waals surface area contributed by atoms with E-state index in [1.54, 1.807) is 0 Å². The second-order valence-electron chi connectivity index (χ2n) is 5.00. The molecule has 0 aromatic carbocycles. The minimum Gasteiger partial charge on any atom is -0.393 e. The molecule has 6 heteroatoms. The van der Waals surface area contributed by atoms with Gasteiger partial charge in [-0.2, -0.15) is 8.42 Å². The van der Waals surface area contributed by atoms with Crippen molar-refractivity contribution in [2.24, 2.45) is 5.92 Å². The zero-order valence-electron chi connectivity index (χ0n) is 10.8. The highest BCUT2D eigenvalue weighted by Gasteiger charge is 2.56. The van der Waals surface area contributed by atoms with E-state index in [1.165, 1.54) is 0 Å². The molecular weight excluding hydrogens is 244 g/mol. The summed E-state index contributed by atoms with van der Waals surface area (Å²) < 4.78 is 32.9. The standard InChI is InChI=1S/C11H22O5S/c1-5-6-9(16-17(4,13)14)8(2)10-11(3,7-12)15-10/h8-10,12H,5-7H2,1-4H3/t8-,9+,10+,11-/m0/s1. The lowest BCUT2D eigenvalue weighted by atomic mass is 9.91. The molecule has 102 valence electrons. The summed E-state index contributed by atoms with van der Waals surface area (Å²) in [4.78, 5) is 0. The molecule has 0 bridgehead atoms. The van der Waals surface area contributed by atoms with Crippen LogP contribution in [0.4, 0.5) is 0 Å². The van der Waals surface area contributed by atoms with Crippen molar-refractivity contribution in [2.75, 3.05) is 12.9 Å². The minimum absolute atomic E-state index is 0.0539. The van der Waals surface area contributed by atoms with Gasteiger partial charge in [0.15, 0.2) is 0 Å². The predicted octanol–water partition coefficient (Wildman–Crippen LogP) is 0.917. The maximum absolute atomic E-state index is 11.2. The molecule has 0 unspecified atom stereocenters.